The molecule has 3 amide bonds. The molecular formula is C40H51N3O7. The molecule has 2 bridgehead atoms. The molecule has 3 fully saturated rings. The lowest BCUT2D eigenvalue weighted by Crippen LogP contribution is -2.59. The highest BCUT2D eigenvalue weighted by Gasteiger charge is 2.75. The van der Waals surface area contributed by atoms with E-state index in [1.807, 2.05) is 76.2 Å². The summed E-state index contributed by atoms with van der Waals surface area (Å²) in [5, 5.41) is 13.8. The van der Waals surface area contributed by atoms with Crippen LogP contribution in [0.15, 0.2) is 73.8 Å². The summed E-state index contributed by atoms with van der Waals surface area (Å²) >= 11 is 0. The van der Waals surface area contributed by atoms with Crippen molar-refractivity contribution in [2.75, 3.05) is 24.7 Å². The molecule has 10 heteroatoms. The second-order valence-corrected chi connectivity index (χ2v) is 14.3. The molecule has 0 aliphatic carbocycles. The third kappa shape index (κ3) is 7.14. The second-order valence-electron chi connectivity index (χ2n) is 14.3. The van der Waals surface area contributed by atoms with Gasteiger partial charge in [0.1, 0.15) is 18.2 Å². The number of hydrogen-bond acceptors (Lipinski definition) is 7. The highest BCUT2D eigenvalue weighted by Crippen LogP contribution is 2.59. The summed E-state index contributed by atoms with van der Waals surface area (Å²) in [6.45, 7) is 15.2. The number of carbonyl (C=O) groups excluding carboxylic acids is 4. The Morgan fingerprint density at radius 2 is 1.88 bits per heavy atom. The van der Waals surface area contributed by atoms with Crippen LogP contribution in [-0.2, 0) is 28.7 Å². The Morgan fingerprint density at radius 3 is 2.54 bits per heavy atom. The summed E-state index contributed by atoms with van der Waals surface area (Å²) in [5.74, 6) is -3.20. The number of hydrogen-bond donors (Lipinski definition) is 2. The minimum absolute atomic E-state index is 0.0890. The summed E-state index contributed by atoms with van der Waals surface area (Å²) < 4.78 is 12.3. The van der Waals surface area contributed by atoms with Crippen LogP contribution in [0, 0.1) is 31.6 Å². The molecule has 5 rings (SSSR count). The molecule has 10 nitrogen and oxygen atoms in total. The van der Waals surface area contributed by atoms with E-state index in [4.69, 9.17) is 9.47 Å². The predicted molar refractivity (Wildman–Crippen MR) is 191 cm³/mol. The van der Waals surface area contributed by atoms with E-state index >= 15 is 4.79 Å². The van der Waals surface area contributed by atoms with E-state index in [2.05, 4.69) is 18.5 Å². The number of ether oxygens (including phenoxy) is 2. The normalized spacial score (nSPS) is 24.8. The first-order valence-corrected chi connectivity index (χ1v) is 17.7. The molecule has 268 valence electrons. The van der Waals surface area contributed by atoms with Gasteiger partial charge in [-0.05, 0) is 68.2 Å². The average Bonchev–Trinajstić information content (AvgIpc) is 3.75. The fraction of sp³-hybridized carbons (Fsp3) is 0.500. The third-order valence-corrected chi connectivity index (χ3v) is 10.3. The second kappa shape index (κ2) is 15.7. The number of carbonyl (C=O) groups is 4. The van der Waals surface area contributed by atoms with Gasteiger partial charge in [0.25, 0.3) is 5.91 Å². The molecule has 50 heavy (non-hydrogen) atoms. The molecule has 2 aromatic rings. The van der Waals surface area contributed by atoms with Crippen LogP contribution < -0.4 is 10.2 Å². The number of benzene rings is 2. The van der Waals surface area contributed by atoms with Crippen LogP contribution >= 0.6 is 0 Å². The number of rotatable bonds is 16. The van der Waals surface area contributed by atoms with Gasteiger partial charge in [0, 0.05) is 18.7 Å². The van der Waals surface area contributed by atoms with Gasteiger partial charge in [-0.1, -0.05) is 68.5 Å². The number of aliphatic hydroxyl groups excluding tert-OH is 1. The number of anilines is 1. The van der Waals surface area contributed by atoms with E-state index in [1.165, 1.54) is 4.90 Å². The lowest BCUT2D eigenvalue weighted by Gasteiger charge is -2.40. The highest BCUT2D eigenvalue weighted by molar-refractivity contribution is 6.05. The number of aryl methyl sites for hydroxylation is 2. The zero-order valence-corrected chi connectivity index (χ0v) is 29.7. The maximum Gasteiger partial charge on any atom is 0.306 e. The van der Waals surface area contributed by atoms with Crippen LogP contribution in [0.1, 0.15) is 68.7 Å². The Hall–Kier alpha value is -4.28. The van der Waals surface area contributed by atoms with Crippen molar-refractivity contribution in [2.45, 2.75) is 89.6 Å². The lowest BCUT2D eigenvalue weighted by molar-refractivity contribution is -0.146. The van der Waals surface area contributed by atoms with Gasteiger partial charge in [-0.3, -0.25) is 19.2 Å². The number of allylic oxidation sites excluding steroid dienone is 1. The summed E-state index contributed by atoms with van der Waals surface area (Å²) in [7, 11) is 0. The first kappa shape index (κ1) is 37.0. The first-order chi connectivity index (χ1) is 24.0. The van der Waals surface area contributed by atoms with E-state index in [0.29, 0.717) is 31.4 Å². The van der Waals surface area contributed by atoms with Gasteiger partial charge in [0.05, 0.1) is 36.6 Å². The summed E-state index contributed by atoms with van der Waals surface area (Å²) in [6, 6.07) is 12.7. The molecular weight excluding hydrogens is 634 g/mol. The predicted octanol–water partition coefficient (Wildman–Crippen LogP) is 4.97. The monoisotopic (exact) mass is 685 g/mol. The Balaban J connectivity index is 1.52. The van der Waals surface area contributed by atoms with Gasteiger partial charge < -0.3 is 29.7 Å². The SMILES string of the molecule is C=CCCC(=O)OC[C@H](NC(=O)[C@@H]1[C@H]2C(=O)N([C@@H](CO)CC(C)C)[C@H](C(=O)N(CC=C)c3cc(C)ccc3C)[C@]23CC[C@H]1O3)c1ccccc1. The molecule has 7 atom stereocenters. The first-order valence-electron chi connectivity index (χ1n) is 17.7. The van der Waals surface area contributed by atoms with Crippen molar-refractivity contribution >= 4 is 29.4 Å². The number of amides is 3. The van der Waals surface area contributed by atoms with Gasteiger partial charge in [-0.25, -0.2) is 0 Å². The summed E-state index contributed by atoms with van der Waals surface area (Å²) in [4.78, 5) is 59.8. The number of aliphatic hydroxyl groups is 1. The molecule has 2 aromatic carbocycles. The molecule has 1 spiro atoms. The van der Waals surface area contributed by atoms with Crippen molar-refractivity contribution in [3.05, 3.63) is 90.5 Å². The van der Waals surface area contributed by atoms with E-state index in [-0.39, 0.29) is 43.9 Å². The van der Waals surface area contributed by atoms with Gasteiger partial charge >= 0.3 is 5.97 Å². The largest absolute Gasteiger partial charge is 0.463 e. The number of esters is 1. The van der Waals surface area contributed by atoms with Crippen molar-refractivity contribution < 1.29 is 33.8 Å². The number of nitrogens with zero attached hydrogens (tertiary/aromatic N) is 2. The minimum atomic E-state index is -1.26. The standard InChI is InChI=1S/C40H51N3O7/c1-7-9-15-33(45)49-24-30(28-13-11-10-12-14-28)41-37(46)34-32-18-19-40(50-32)35(34)38(47)43(29(23-44)21-25(3)4)36(40)39(48)42(20-8-2)31-22-26(5)16-17-27(31)6/h7-8,10-14,16-17,22,25,29-30,32,34-36,44H,1-2,9,15,18-21,23-24H2,3-6H3,(H,41,46)/t29-,30+,32-,34+,35+,36-,40+/m1/s1. The van der Waals surface area contributed by atoms with E-state index in [9.17, 15) is 19.5 Å². The fourth-order valence-electron chi connectivity index (χ4n) is 8.12. The molecule has 0 saturated carbocycles. The Morgan fingerprint density at radius 1 is 1.14 bits per heavy atom. The molecule has 3 aliphatic heterocycles. The van der Waals surface area contributed by atoms with Crippen molar-refractivity contribution in [1.82, 2.24) is 10.2 Å². The topological polar surface area (TPSA) is 125 Å². The van der Waals surface area contributed by atoms with Crippen LogP contribution in [0.2, 0.25) is 0 Å². The van der Waals surface area contributed by atoms with E-state index in [1.54, 1.807) is 17.1 Å². The average molecular weight is 686 g/mol. The molecule has 0 unspecified atom stereocenters. The molecule has 0 aromatic heterocycles. The molecule has 3 aliphatic rings. The van der Waals surface area contributed by atoms with Gasteiger partial charge in [-0.15, -0.1) is 13.2 Å². The number of fused-ring (bicyclic) bond motifs is 1. The highest BCUT2D eigenvalue weighted by atomic mass is 16.5. The quantitative estimate of drug-likeness (QED) is 0.189. The number of likely N-dealkylation sites (tertiary alicyclic amines) is 1. The Labute approximate surface area is 295 Å². The summed E-state index contributed by atoms with van der Waals surface area (Å²) in [6.07, 6.45) is 4.74. The van der Waals surface area contributed by atoms with Crippen molar-refractivity contribution in [3.8, 4) is 0 Å². The maximum atomic E-state index is 15.0. The van der Waals surface area contributed by atoms with Gasteiger partial charge in [0.15, 0.2) is 0 Å². The smallest absolute Gasteiger partial charge is 0.306 e. The number of nitrogens with one attached hydrogen (secondary N) is 1. The maximum absolute atomic E-state index is 15.0. The van der Waals surface area contributed by atoms with Crippen molar-refractivity contribution in [1.29, 1.82) is 0 Å². The van der Waals surface area contributed by atoms with Crippen LogP contribution in [0.3, 0.4) is 0 Å². The van der Waals surface area contributed by atoms with Crippen LogP contribution in [0.4, 0.5) is 5.69 Å². The van der Waals surface area contributed by atoms with Crippen molar-refractivity contribution in [2.24, 2.45) is 17.8 Å². The molecule has 0 radical (unpaired) electrons. The summed E-state index contributed by atoms with van der Waals surface area (Å²) in [5.41, 5.74) is 2.06. The molecule has 2 N–H and O–H groups in total. The fourth-order valence-corrected chi connectivity index (χ4v) is 8.12. The molecule has 3 heterocycles. The van der Waals surface area contributed by atoms with Crippen LogP contribution in [0.25, 0.3) is 0 Å². The Kier molecular flexibility index (Phi) is 11.6. The minimum Gasteiger partial charge on any atom is -0.463 e. The van der Waals surface area contributed by atoms with Gasteiger partial charge in [0.2, 0.25) is 11.8 Å². The van der Waals surface area contributed by atoms with Crippen LogP contribution in [0.5, 0.6) is 0 Å². The third-order valence-electron chi connectivity index (χ3n) is 10.3. The van der Waals surface area contributed by atoms with Crippen LogP contribution in [-0.4, -0.2) is 77.2 Å². The molecule has 3 saturated heterocycles. The Bertz CT molecular complexity index is 1590. The van der Waals surface area contributed by atoms with E-state index < -0.39 is 53.5 Å². The van der Waals surface area contributed by atoms with Gasteiger partial charge in [-0.2, -0.15) is 0 Å². The lowest BCUT2D eigenvalue weighted by atomic mass is 9.70. The zero-order valence-electron chi connectivity index (χ0n) is 29.7. The van der Waals surface area contributed by atoms with Crippen molar-refractivity contribution in [3.63, 3.8) is 0 Å². The van der Waals surface area contributed by atoms with E-state index in [0.717, 1.165) is 16.7 Å². The zero-order chi connectivity index (χ0) is 36.2.